The Labute approximate surface area is 308 Å². The third-order valence-corrected chi connectivity index (χ3v) is 8.20. The van der Waals surface area contributed by atoms with Crippen LogP contribution in [0.5, 0.6) is 23.0 Å². The average Bonchev–Trinajstić information content (AvgIpc) is 3.17. The van der Waals surface area contributed by atoms with Crippen LogP contribution in [0.2, 0.25) is 0 Å². The van der Waals surface area contributed by atoms with Gasteiger partial charge in [-0.3, -0.25) is 9.98 Å². The summed E-state index contributed by atoms with van der Waals surface area (Å²) < 4.78 is 22.6. The fourth-order valence-corrected chi connectivity index (χ4v) is 5.13. The SMILES string of the molecule is CCCCCCOc1ccc(C(=O)Oc2ccc(C=NCCCCN=Cc3ccc(OC(=O)c4ccc(OCCCCCC)cc4)cc3)cc2)cc1. The van der Waals surface area contributed by atoms with Gasteiger partial charge in [0.25, 0.3) is 0 Å². The van der Waals surface area contributed by atoms with Crippen molar-refractivity contribution in [1.82, 2.24) is 0 Å². The van der Waals surface area contributed by atoms with Gasteiger partial charge in [0.15, 0.2) is 0 Å². The molecule has 0 aliphatic rings. The molecule has 8 heteroatoms. The molecule has 274 valence electrons. The molecule has 4 rings (SSSR count). The normalized spacial score (nSPS) is 11.2. The minimum atomic E-state index is -0.409. The van der Waals surface area contributed by atoms with Gasteiger partial charge < -0.3 is 18.9 Å². The monoisotopic (exact) mass is 704 g/mol. The van der Waals surface area contributed by atoms with Crippen molar-refractivity contribution < 1.29 is 28.5 Å². The molecule has 0 saturated carbocycles. The number of ether oxygens (including phenoxy) is 4. The molecule has 0 aromatic heterocycles. The van der Waals surface area contributed by atoms with Gasteiger partial charge in [0.05, 0.1) is 24.3 Å². The molecule has 0 fully saturated rings. The zero-order valence-electron chi connectivity index (χ0n) is 30.6. The average molecular weight is 705 g/mol. The van der Waals surface area contributed by atoms with Crippen LogP contribution in [0.4, 0.5) is 0 Å². The van der Waals surface area contributed by atoms with Crippen LogP contribution in [0.1, 0.15) is 110 Å². The van der Waals surface area contributed by atoms with Crippen molar-refractivity contribution in [2.45, 2.75) is 78.1 Å². The molecular formula is C44H52N2O6. The summed E-state index contributed by atoms with van der Waals surface area (Å²) in [5.41, 5.74) is 2.81. The fourth-order valence-electron chi connectivity index (χ4n) is 5.13. The Hall–Kier alpha value is -5.24. The lowest BCUT2D eigenvalue weighted by atomic mass is 10.2. The maximum Gasteiger partial charge on any atom is 0.343 e. The van der Waals surface area contributed by atoms with Gasteiger partial charge in [-0.05, 0) is 134 Å². The van der Waals surface area contributed by atoms with Crippen molar-refractivity contribution in [2.24, 2.45) is 9.98 Å². The van der Waals surface area contributed by atoms with Gasteiger partial charge in [0, 0.05) is 25.5 Å². The van der Waals surface area contributed by atoms with Crippen LogP contribution in [0, 0.1) is 0 Å². The number of esters is 2. The number of benzene rings is 4. The Kier molecular flexibility index (Phi) is 17.7. The first kappa shape index (κ1) is 39.5. The van der Waals surface area contributed by atoms with Crippen molar-refractivity contribution in [2.75, 3.05) is 26.3 Å². The zero-order chi connectivity index (χ0) is 36.6. The molecule has 0 unspecified atom stereocenters. The highest BCUT2D eigenvalue weighted by molar-refractivity contribution is 5.92. The summed E-state index contributed by atoms with van der Waals surface area (Å²) in [6.45, 7) is 7.12. The number of nitrogens with zero attached hydrogens (tertiary/aromatic N) is 2. The van der Waals surface area contributed by atoms with E-state index >= 15 is 0 Å². The van der Waals surface area contributed by atoms with Crippen molar-refractivity contribution in [3.63, 3.8) is 0 Å². The first-order valence-corrected chi connectivity index (χ1v) is 18.6. The zero-order valence-corrected chi connectivity index (χ0v) is 30.6. The highest BCUT2D eigenvalue weighted by Crippen LogP contribution is 2.19. The first-order chi connectivity index (χ1) is 25.5. The van der Waals surface area contributed by atoms with Gasteiger partial charge in [-0.2, -0.15) is 0 Å². The molecule has 0 bridgehead atoms. The van der Waals surface area contributed by atoms with E-state index in [9.17, 15) is 9.59 Å². The summed E-state index contributed by atoms with van der Waals surface area (Å²) >= 11 is 0. The third-order valence-electron chi connectivity index (χ3n) is 8.20. The van der Waals surface area contributed by atoms with Crippen molar-refractivity contribution in [1.29, 1.82) is 0 Å². The molecule has 0 aliphatic carbocycles. The maximum atomic E-state index is 12.6. The lowest BCUT2D eigenvalue weighted by molar-refractivity contribution is 0.0725. The number of hydrogen-bond donors (Lipinski definition) is 0. The maximum absolute atomic E-state index is 12.6. The standard InChI is InChI=1S/C44H52N2O6/c1-3-5-7-11-31-49-39-25-17-37(18-26-39)43(47)51-41-21-13-35(14-22-41)33-45-29-9-10-30-46-34-36-15-23-42(24-16-36)52-44(48)38-19-27-40(28-20-38)50-32-12-8-6-4-2/h13-28,33-34H,3-12,29-32H2,1-2H3. The minimum absolute atomic E-state index is 0.409. The smallest absolute Gasteiger partial charge is 0.343 e. The largest absolute Gasteiger partial charge is 0.494 e. The summed E-state index contributed by atoms with van der Waals surface area (Å²) in [6.07, 6.45) is 14.7. The fraction of sp³-hybridized carbons (Fsp3) is 0.364. The molecule has 0 atom stereocenters. The molecule has 4 aromatic rings. The Balaban J connectivity index is 1.08. The highest BCUT2D eigenvalue weighted by Gasteiger charge is 2.10. The van der Waals surface area contributed by atoms with E-state index < -0.39 is 11.9 Å². The molecule has 0 radical (unpaired) electrons. The van der Waals surface area contributed by atoms with Crippen LogP contribution in [0.25, 0.3) is 0 Å². The van der Waals surface area contributed by atoms with E-state index in [1.807, 2.05) is 36.7 Å². The minimum Gasteiger partial charge on any atom is -0.494 e. The summed E-state index contributed by atoms with van der Waals surface area (Å²) in [7, 11) is 0. The molecule has 0 heterocycles. The van der Waals surface area contributed by atoms with E-state index in [1.165, 1.54) is 25.7 Å². The summed E-state index contributed by atoms with van der Waals surface area (Å²) in [6, 6.07) is 28.7. The lowest BCUT2D eigenvalue weighted by Crippen LogP contribution is -2.08. The number of hydrogen-bond acceptors (Lipinski definition) is 8. The molecule has 0 N–H and O–H groups in total. The van der Waals surface area contributed by atoms with E-state index in [0.29, 0.717) is 48.9 Å². The first-order valence-electron chi connectivity index (χ1n) is 18.6. The van der Waals surface area contributed by atoms with E-state index in [2.05, 4.69) is 23.8 Å². The second-order valence-corrected chi connectivity index (χ2v) is 12.6. The topological polar surface area (TPSA) is 95.8 Å². The van der Waals surface area contributed by atoms with Gasteiger partial charge >= 0.3 is 11.9 Å². The summed E-state index contributed by atoms with van der Waals surface area (Å²) in [5.74, 6) is 1.65. The summed E-state index contributed by atoms with van der Waals surface area (Å²) in [4.78, 5) is 34.2. The van der Waals surface area contributed by atoms with Crippen molar-refractivity contribution in [3.05, 3.63) is 119 Å². The van der Waals surface area contributed by atoms with E-state index in [4.69, 9.17) is 18.9 Å². The van der Waals surface area contributed by atoms with Gasteiger partial charge in [-0.15, -0.1) is 0 Å². The van der Waals surface area contributed by atoms with Crippen LogP contribution in [-0.2, 0) is 0 Å². The second kappa shape index (κ2) is 23.3. The van der Waals surface area contributed by atoms with Gasteiger partial charge in [0.1, 0.15) is 23.0 Å². The molecule has 0 spiro atoms. The van der Waals surface area contributed by atoms with E-state index in [-0.39, 0.29) is 0 Å². The summed E-state index contributed by atoms with van der Waals surface area (Å²) in [5, 5.41) is 0. The molecule has 4 aromatic carbocycles. The third kappa shape index (κ3) is 14.9. The molecule has 52 heavy (non-hydrogen) atoms. The number of carbonyl (C=O) groups is 2. The number of unbranched alkanes of at least 4 members (excludes halogenated alkanes) is 7. The van der Waals surface area contributed by atoms with Crippen LogP contribution in [0.3, 0.4) is 0 Å². The van der Waals surface area contributed by atoms with Gasteiger partial charge in [-0.25, -0.2) is 9.59 Å². The van der Waals surface area contributed by atoms with Gasteiger partial charge in [-0.1, -0.05) is 52.4 Å². The Morgan fingerprint density at radius 3 is 1.19 bits per heavy atom. The molecular weight excluding hydrogens is 652 g/mol. The van der Waals surface area contributed by atoms with Crippen LogP contribution in [-0.4, -0.2) is 50.7 Å². The number of carbonyl (C=O) groups excluding carboxylic acids is 2. The van der Waals surface area contributed by atoms with Gasteiger partial charge in [0.2, 0.25) is 0 Å². The van der Waals surface area contributed by atoms with Crippen LogP contribution >= 0.6 is 0 Å². The van der Waals surface area contributed by atoms with Crippen LogP contribution < -0.4 is 18.9 Å². The van der Waals surface area contributed by atoms with E-state index in [0.717, 1.165) is 61.2 Å². The van der Waals surface area contributed by atoms with Crippen molar-refractivity contribution in [3.8, 4) is 23.0 Å². The van der Waals surface area contributed by atoms with E-state index in [1.54, 1.807) is 72.8 Å². The molecule has 0 aliphatic heterocycles. The molecule has 8 nitrogen and oxygen atoms in total. The Morgan fingerprint density at radius 2 is 0.827 bits per heavy atom. The molecule has 0 amide bonds. The second-order valence-electron chi connectivity index (χ2n) is 12.6. The predicted octanol–water partition coefficient (Wildman–Crippen LogP) is 10.4. The Bertz CT molecular complexity index is 1540. The highest BCUT2D eigenvalue weighted by atomic mass is 16.5. The quantitative estimate of drug-likeness (QED) is 0.0330. The number of rotatable bonds is 23. The lowest BCUT2D eigenvalue weighted by Gasteiger charge is -2.08. The molecule has 0 saturated heterocycles. The predicted molar refractivity (Wildman–Crippen MR) is 209 cm³/mol. The van der Waals surface area contributed by atoms with Crippen molar-refractivity contribution >= 4 is 24.4 Å². The Morgan fingerprint density at radius 1 is 0.462 bits per heavy atom. The van der Waals surface area contributed by atoms with Crippen LogP contribution in [0.15, 0.2) is 107 Å². The number of aliphatic imine (C=N–C) groups is 2.